The number of benzene rings is 2. The number of ether oxygens (including phenoxy) is 1. The van der Waals surface area contributed by atoms with Gasteiger partial charge in [0.25, 0.3) is 0 Å². The number of nitrogens with zero attached hydrogens (tertiary/aromatic N) is 1. The molecule has 2 rings (SSSR count). The Morgan fingerprint density at radius 2 is 1.57 bits per heavy atom. The van der Waals surface area contributed by atoms with E-state index in [-0.39, 0.29) is 25.5 Å². The van der Waals surface area contributed by atoms with Crippen LogP contribution in [0.2, 0.25) is 0 Å². The van der Waals surface area contributed by atoms with E-state index in [1.807, 2.05) is 60.7 Å². The Hall–Kier alpha value is -2.70. The number of amides is 1. The second kappa shape index (κ2) is 11.2. The molecule has 150 valence electrons. The smallest absolute Gasteiger partial charge is 0.310 e. The maximum atomic E-state index is 12.7. The maximum Gasteiger partial charge on any atom is 0.310 e. The normalized spacial score (nSPS) is 12.8. The summed E-state index contributed by atoms with van der Waals surface area (Å²) in [6.45, 7) is -0.269. The molecule has 0 aliphatic carbocycles. The van der Waals surface area contributed by atoms with Crippen molar-refractivity contribution in [3.05, 3.63) is 71.8 Å². The summed E-state index contributed by atoms with van der Waals surface area (Å²) in [5.41, 5.74) is 1.82. The van der Waals surface area contributed by atoms with Crippen molar-refractivity contribution in [1.82, 2.24) is 4.90 Å². The Morgan fingerprint density at radius 1 is 1.00 bits per heavy atom. The molecule has 0 aliphatic rings. The summed E-state index contributed by atoms with van der Waals surface area (Å²) in [5.74, 6) is -1.35. The van der Waals surface area contributed by atoms with Crippen LogP contribution in [0.1, 0.15) is 17.5 Å². The van der Waals surface area contributed by atoms with E-state index in [2.05, 4.69) is 0 Å². The molecule has 2 atom stereocenters. The molecule has 1 unspecified atom stereocenters. The SMILES string of the molecule is CN(CC(O)CO)C(=O)C[C@@H](Cc1ccccc1)C(=O)OCc1ccccc1. The predicted octanol–water partition coefficient (Wildman–Crippen LogP) is 1.79. The number of esters is 1. The summed E-state index contributed by atoms with van der Waals surface area (Å²) in [5, 5.41) is 18.5. The molecular formula is C22H27NO5. The van der Waals surface area contributed by atoms with Crippen molar-refractivity contribution in [1.29, 1.82) is 0 Å². The molecule has 0 saturated carbocycles. The van der Waals surface area contributed by atoms with E-state index in [1.165, 1.54) is 11.9 Å². The summed E-state index contributed by atoms with van der Waals surface area (Å²) < 4.78 is 5.45. The van der Waals surface area contributed by atoms with Gasteiger partial charge in [-0.2, -0.15) is 0 Å². The molecule has 0 aliphatic heterocycles. The fraction of sp³-hybridized carbons (Fsp3) is 0.364. The molecule has 1 amide bonds. The molecule has 2 aromatic rings. The number of likely N-dealkylation sites (N-methyl/N-ethyl adjacent to an activating group) is 1. The van der Waals surface area contributed by atoms with Crippen molar-refractivity contribution in [2.45, 2.75) is 25.6 Å². The van der Waals surface area contributed by atoms with Crippen LogP contribution in [0.4, 0.5) is 0 Å². The minimum absolute atomic E-state index is 0.00640. The lowest BCUT2D eigenvalue weighted by molar-refractivity contribution is -0.152. The third-order valence-corrected chi connectivity index (χ3v) is 4.42. The molecule has 0 fully saturated rings. The Labute approximate surface area is 165 Å². The van der Waals surface area contributed by atoms with E-state index in [0.717, 1.165) is 11.1 Å². The Kier molecular flexibility index (Phi) is 8.65. The van der Waals surface area contributed by atoms with Gasteiger partial charge in [0.15, 0.2) is 0 Å². The van der Waals surface area contributed by atoms with Gasteiger partial charge in [0.2, 0.25) is 5.91 Å². The number of carbonyl (C=O) groups is 2. The lowest BCUT2D eigenvalue weighted by atomic mass is 9.95. The molecule has 0 bridgehead atoms. The van der Waals surface area contributed by atoms with E-state index in [9.17, 15) is 14.7 Å². The molecule has 2 N–H and O–H groups in total. The van der Waals surface area contributed by atoms with E-state index in [0.29, 0.717) is 6.42 Å². The van der Waals surface area contributed by atoms with Crippen molar-refractivity contribution >= 4 is 11.9 Å². The first-order chi connectivity index (χ1) is 13.5. The van der Waals surface area contributed by atoms with Crippen molar-refractivity contribution < 1.29 is 24.5 Å². The van der Waals surface area contributed by atoms with Crippen LogP contribution in [0.15, 0.2) is 60.7 Å². The third-order valence-electron chi connectivity index (χ3n) is 4.42. The lowest BCUT2D eigenvalue weighted by Gasteiger charge is -2.22. The molecule has 0 saturated heterocycles. The predicted molar refractivity (Wildman–Crippen MR) is 105 cm³/mol. The van der Waals surface area contributed by atoms with Crippen LogP contribution < -0.4 is 0 Å². The minimum atomic E-state index is -1.01. The van der Waals surface area contributed by atoms with Crippen LogP contribution in [-0.4, -0.2) is 53.3 Å². The highest BCUT2D eigenvalue weighted by Crippen LogP contribution is 2.17. The van der Waals surface area contributed by atoms with Crippen molar-refractivity contribution in [3.63, 3.8) is 0 Å². The zero-order chi connectivity index (χ0) is 20.4. The number of hydrogen-bond acceptors (Lipinski definition) is 5. The quantitative estimate of drug-likeness (QED) is 0.609. The van der Waals surface area contributed by atoms with Crippen LogP contribution in [0, 0.1) is 5.92 Å². The monoisotopic (exact) mass is 385 g/mol. The van der Waals surface area contributed by atoms with Crippen LogP contribution in [0.3, 0.4) is 0 Å². The van der Waals surface area contributed by atoms with Crippen LogP contribution in [0.25, 0.3) is 0 Å². The molecule has 6 nitrogen and oxygen atoms in total. The number of aliphatic hydroxyl groups excluding tert-OH is 2. The van der Waals surface area contributed by atoms with Crippen molar-refractivity contribution in [3.8, 4) is 0 Å². The van der Waals surface area contributed by atoms with Crippen LogP contribution in [-0.2, 0) is 27.4 Å². The molecule has 6 heteroatoms. The third kappa shape index (κ3) is 7.13. The Morgan fingerprint density at radius 3 is 2.14 bits per heavy atom. The molecule has 28 heavy (non-hydrogen) atoms. The van der Waals surface area contributed by atoms with E-state index in [1.54, 1.807) is 0 Å². The van der Waals surface area contributed by atoms with Crippen molar-refractivity contribution in [2.24, 2.45) is 5.92 Å². The van der Waals surface area contributed by atoms with Gasteiger partial charge in [-0.15, -0.1) is 0 Å². The minimum Gasteiger partial charge on any atom is -0.461 e. The van der Waals surface area contributed by atoms with E-state index in [4.69, 9.17) is 9.84 Å². The first kappa shape index (κ1) is 21.6. The zero-order valence-electron chi connectivity index (χ0n) is 16.0. The first-order valence-electron chi connectivity index (χ1n) is 9.27. The molecule has 0 radical (unpaired) electrons. The Bertz CT molecular complexity index is 735. The summed E-state index contributed by atoms with van der Waals surface area (Å²) in [7, 11) is 1.54. The van der Waals surface area contributed by atoms with Crippen LogP contribution in [0.5, 0.6) is 0 Å². The van der Waals surface area contributed by atoms with Crippen molar-refractivity contribution in [2.75, 3.05) is 20.2 Å². The van der Waals surface area contributed by atoms with Gasteiger partial charge in [-0.3, -0.25) is 9.59 Å². The van der Waals surface area contributed by atoms with Gasteiger partial charge in [0.05, 0.1) is 18.6 Å². The summed E-state index contributed by atoms with van der Waals surface area (Å²) in [6.07, 6.45) is -0.653. The average Bonchev–Trinajstić information content (AvgIpc) is 2.72. The van der Waals surface area contributed by atoms with Gasteiger partial charge in [-0.1, -0.05) is 60.7 Å². The Balaban J connectivity index is 2.03. The van der Waals surface area contributed by atoms with Gasteiger partial charge < -0.3 is 19.8 Å². The topological polar surface area (TPSA) is 87.1 Å². The molecule has 0 spiro atoms. The van der Waals surface area contributed by atoms with Crippen LogP contribution >= 0.6 is 0 Å². The van der Waals surface area contributed by atoms with Gasteiger partial charge in [0, 0.05) is 20.0 Å². The highest BCUT2D eigenvalue weighted by molar-refractivity contribution is 5.83. The maximum absolute atomic E-state index is 12.7. The van der Waals surface area contributed by atoms with Gasteiger partial charge in [0.1, 0.15) is 6.61 Å². The number of aliphatic hydroxyl groups is 2. The standard InChI is InChI=1S/C22H27NO5/c1-23(14-20(25)15-24)21(26)13-19(12-17-8-4-2-5-9-17)22(27)28-16-18-10-6-3-7-11-18/h2-11,19-20,24-25H,12-16H2,1H3/t19-,20?/m1/s1. The zero-order valence-corrected chi connectivity index (χ0v) is 16.0. The highest BCUT2D eigenvalue weighted by Gasteiger charge is 2.26. The number of carbonyl (C=O) groups excluding carboxylic acids is 2. The average molecular weight is 385 g/mol. The first-order valence-corrected chi connectivity index (χ1v) is 9.27. The summed E-state index contributed by atoms with van der Waals surface area (Å²) in [4.78, 5) is 26.5. The number of rotatable bonds is 10. The summed E-state index contributed by atoms with van der Waals surface area (Å²) >= 11 is 0. The molecular weight excluding hydrogens is 358 g/mol. The highest BCUT2D eigenvalue weighted by atomic mass is 16.5. The second-order valence-corrected chi connectivity index (χ2v) is 6.79. The van der Waals surface area contributed by atoms with E-state index < -0.39 is 24.6 Å². The van der Waals surface area contributed by atoms with E-state index >= 15 is 0 Å². The summed E-state index contributed by atoms with van der Waals surface area (Å²) in [6, 6.07) is 18.8. The molecule has 0 aromatic heterocycles. The molecule has 2 aromatic carbocycles. The second-order valence-electron chi connectivity index (χ2n) is 6.79. The fourth-order valence-electron chi connectivity index (χ4n) is 2.83. The van der Waals surface area contributed by atoms with Gasteiger partial charge in [-0.05, 0) is 17.5 Å². The van der Waals surface area contributed by atoms with Gasteiger partial charge in [-0.25, -0.2) is 0 Å². The molecule has 0 heterocycles. The fourth-order valence-corrected chi connectivity index (χ4v) is 2.83. The largest absolute Gasteiger partial charge is 0.461 e. The van der Waals surface area contributed by atoms with Gasteiger partial charge >= 0.3 is 5.97 Å². The number of hydrogen-bond donors (Lipinski definition) is 2. The lowest BCUT2D eigenvalue weighted by Crippen LogP contribution is -2.38.